The van der Waals surface area contributed by atoms with Crippen molar-refractivity contribution in [2.75, 3.05) is 0 Å². The Labute approximate surface area is 106 Å². The van der Waals surface area contributed by atoms with E-state index in [9.17, 15) is 0 Å². The number of hydrogen-bond acceptors (Lipinski definition) is 4. The molecule has 0 aliphatic heterocycles. The van der Waals surface area contributed by atoms with Crippen LogP contribution >= 0.6 is 11.3 Å². The van der Waals surface area contributed by atoms with Crippen LogP contribution in [0.3, 0.4) is 0 Å². The van der Waals surface area contributed by atoms with Crippen LogP contribution in [-0.2, 0) is 6.54 Å². The first-order chi connectivity index (χ1) is 8.16. The second-order valence-electron chi connectivity index (χ2n) is 4.35. The van der Waals surface area contributed by atoms with Gasteiger partial charge in [0, 0.05) is 18.2 Å². The normalized spacial score (nSPS) is 11.1. The fraction of sp³-hybridized carbons (Fsp3) is 0.385. The number of benzene rings is 1. The van der Waals surface area contributed by atoms with Gasteiger partial charge < -0.3 is 5.32 Å². The molecule has 0 unspecified atom stereocenters. The van der Waals surface area contributed by atoms with Gasteiger partial charge in [0.2, 0.25) is 0 Å². The number of nitrogens with zero attached hydrogens (tertiary/aromatic N) is 2. The molecular weight excluding hydrogens is 230 g/mol. The Balaban J connectivity index is 2.16. The first-order valence-corrected chi connectivity index (χ1v) is 6.60. The van der Waals surface area contributed by atoms with Crippen LogP contribution in [0.5, 0.6) is 0 Å². The molecule has 1 aromatic carbocycles. The second-order valence-corrected chi connectivity index (χ2v) is 5.41. The van der Waals surface area contributed by atoms with Gasteiger partial charge in [0.05, 0.1) is 0 Å². The summed E-state index contributed by atoms with van der Waals surface area (Å²) in [5, 5.41) is 13.9. The third-order valence-electron chi connectivity index (χ3n) is 2.50. The molecule has 0 bridgehead atoms. The third kappa shape index (κ3) is 3.11. The van der Waals surface area contributed by atoms with Gasteiger partial charge in [-0.3, -0.25) is 0 Å². The maximum Gasteiger partial charge on any atom is 0.148 e. The van der Waals surface area contributed by atoms with Crippen molar-refractivity contribution in [1.82, 2.24) is 15.5 Å². The van der Waals surface area contributed by atoms with Crippen LogP contribution in [0.15, 0.2) is 24.3 Å². The number of aryl methyl sites for hydroxylation is 1. The highest BCUT2D eigenvalue weighted by Crippen LogP contribution is 2.26. The second kappa shape index (κ2) is 5.38. The monoisotopic (exact) mass is 247 g/mol. The summed E-state index contributed by atoms with van der Waals surface area (Å²) >= 11 is 1.66. The standard InChI is InChI=1S/C13H17N3S/c1-9(2)14-8-12-15-16-13(17-12)11-7-5-4-6-10(11)3/h4-7,9,14H,8H2,1-3H3. The lowest BCUT2D eigenvalue weighted by atomic mass is 10.1. The maximum absolute atomic E-state index is 4.25. The summed E-state index contributed by atoms with van der Waals surface area (Å²) in [7, 11) is 0. The van der Waals surface area contributed by atoms with Crippen LogP contribution in [0.4, 0.5) is 0 Å². The van der Waals surface area contributed by atoms with E-state index in [4.69, 9.17) is 0 Å². The zero-order valence-electron chi connectivity index (χ0n) is 10.4. The molecule has 2 aromatic rings. The minimum absolute atomic E-state index is 0.473. The van der Waals surface area contributed by atoms with E-state index in [1.165, 1.54) is 11.1 Å². The van der Waals surface area contributed by atoms with Crippen LogP contribution in [-0.4, -0.2) is 16.2 Å². The molecule has 0 aliphatic carbocycles. The molecule has 90 valence electrons. The van der Waals surface area contributed by atoms with E-state index >= 15 is 0 Å². The maximum atomic E-state index is 4.25. The van der Waals surface area contributed by atoms with Crippen molar-refractivity contribution in [1.29, 1.82) is 0 Å². The van der Waals surface area contributed by atoms with Gasteiger partial charge in [0.1, 0.15) is 10.0 Å². The van der Waals surface area contributed by atoms with Crippen LogP contribution in [0.1, 0.15) is 24.4 Å². The summed E-state index contributed by atoms with van der Waals surface area (Å²) in [6.07, 6.45) is 0. The summed E-state index contributed by atoms with van der Waals surface area (Å²) in [5.74, 6) is 0. The summed E-state index contributed by atoms with van der Waals surface area (Å²) in [4.78, 5) is 0. The van der Waals surface area contributed by atoms with E-state index in [-0.39, 0.29) is 0 Å². The molecule has 0 fully saturated rings. The molecule has 0 spiro atoms. The highest BCUT2D eigenvalue weighted by atomic mass is 32.1. The van der Waals surface area contributed by atoms with Gasteiger partial charge in [-0.05, 0) is 12.5 Å². The molecule has 0 aliphatic rings. The summed E-state index contributed by atoms with van der Waals surface area (Å²) in [6, 6.07) is 8.75. The van der Waals surface area contributed by atoms with Crippen molar-refractivity contribution in [3.8, 4) is 10.6 Å². The van der Waals surface area contributed by atoms with E-state index in [2.05, 4.69) is 48.4 Å². The van der Waals surface area contributed by atoms with Crippen molar-refractivity contribution >= 4 is 11.3 Å². The van der Waals surface area contributed by atoms with Crippen molar-refractivity contribution in [2.24, 2.45) is 0 Å². The largest absolute Gasteiger partial charge is 0.308 e. The average Bonchev–Trinajstić information content (AvgIpc) is 2.75. The number of rotatable bonds is 4. The lowest BCUT2D eigenvalue weighted by molar-refractivity contribution is 0.585. The average molecular weight is 247 g/mol. The van der Waals surface area contributed by atoms with Crippen molar-refractivity contribution < 1.29 is 0 Å². The zero-order valence-corrected chi connectivity index (χ0v) is 11.2. The van der Waals surface area contributed by atoms with Crippen LogP contribution in [0, 0.1) is 6.92 Å². The fourth-order valence-electron chi connectivity index (χ4n) is 1.54. The van der Waals surface area contributed by atoms with Crippen molar-refractivity contribution in [2.45, 2.75) is 33.4 Å². The van der Waals surface area contributed by atoms with Gasteiger partial charge in [0.25, 0.3) is 0 Å². The van der Waals surface area contributed by atoms with E-state index in [0.29, 0.717) is 6.04 Å². The van der Waals surface area contributed by atoms with Crippen LogP contribution in [0.25, 0.3) is 10.6 Å². The van der Waals surface area contributed by atoms with E-state index in [0.717, 1.165) is 16.6 Å². The third-order valence-corrected chi connectivity index (χ3v) is 3.46. The lowest BCUT2D eigenvalue weighted by Crippen LogP contribution is -2.21. The lowest BCUT2D eigenvalue weighted by Gasteiger charge is -2.03. The zero-order chi connectivity index (χ0) is 12.3. The van der Waals surface area contributed by atoms with Crippen molar-refractivity contribution in [3.05, 3.63) is 34.8 Å². The summed E-state index contributed by atoms with van der Waals surface area (Å²) in [5.41, 5.74) is 2.42. The van der Waals surface area contributed by atoms with Crippen LogP contribution < -0.4 is 5.32 Å². The molecular formula is C13H17N3S. The van der Waals surface area contributed by atoms with Gasteiger partial charge >= 0.3 is 0 Å². The molecule has 1 N–H and O–H groups in total. The molecule has 17 heavy (non-hydrogen) atoms. The first-order valence-electron chi connectivity index (χ1n) is 5.78. The molecule has 1 heterocycles. The highest BCUT2D eigenvalue weighted by molar-refractivity contribution is 7.14. The number of hydrogen-bond donors (Lipinski definition) is 1. The first kappa shape index (κ1) is 12.2. The molecule has 2 rings (SSSR count). The summed E-state index contributed by atoms with van der Waals surface area (Å²) in [6.45, 7) is 7.15. The molecule has 0 amide bonds. The van der Waals surface area contributed by atoms with E-state index < -0.39 is 0 Å². The smallest absolute Gasteiger partial charge is 0.148 e. The molecule has 0 saturated heterocycles. The van der Waals surface area contributed by atoms with Gasteiger partial charge in [-0.1, -0.05) is 49.4 Å². The molecule has 0 atom stereocenters. The molecule has 4 heteroatoms. The van der Waals surface area contributed by atoms with Crippen molar-refractivity contribution in [3.63, 3.8) is 0 Å². The minimum atomic E-state index is 0.473. The molecule has 0 radical (unpaired) electrons. The Morgan fingerprint density at radius 2 is 2.00 bits per heavy atom. The predicted molar refractivity (Wildman–Crippen MR) is 72.1 cm³/mol. The minimum Gasteiger partial charge on any atom is -0.308 e. The van der Waals surface area contributed by atoms with Gasteiger partial charge in [-0.2, -0.15) is 0 Å². The topological polar surface area (TPSA) is 37.8 Å². The number of nitrogens with one attached hydrogen (secondary N) is 1. The Bertz CT molecular complexity index is 491. The van der Waals surface area contributed by atoms with Crippen LogP contribution in [0.2, 0.25) is 0 Å². The fourth-order valence-corrected chi connectivity index (χ4v) is 2.42. The SMILES string of the molecule is Cc1ccccc1-c1nnc(CNC(C)C)s1. The Morgan fingerprint density at radius 1 is 1.24 bits per heavy atom. The molecule has 0 saturated carbocycles. The Hall–Kier alpha value is -1.26. The summed E-state index contributed by atoms with van der Waals surface area (Å²) < 4.78 is 0. The van der Waals surface area contributed by atoms with Gasteiger partial charge in [-0.15, -0.1) is 10.2 Å². The Morgan fingerprint density at radius 3 is 2.71 bits per heavy atom. The molecule has 1 aromatic heterocycles. The Kier molecular flexibility index (Phi) is 3.86. The van der Waals surface area contributed by atoms with E-state index in [1.54, 1.807) is 11.3 Å². The highest BCUT2D eigenvalue weighted by Gasteiger charge is 2.08. The van der Waals surface area contributed by atoms with Gasteiger partial charge in [-0.25, -0.2) is 0 Å². The predicted octanol–water partition coefficient (Wildman–Crippen LogP) is 3.01. The van der Waals surface area contributed by atoms with Gasteiger partial charge in [0.15, 0.2) is 0 Å². The quantitative estimate of drug-likeness (QED) is 0.902. The molecule has 3 nitrogen and oxygen atoms in total. The van der Waals surface area contributed by atoms with E-state index in [1.807, 2.05) is 12.1 Å². The number of aromatic nitrogens is 2.